The summed E-state index contributed by atoms with van der Waals surface area (Å²) in [5.41, 5.74) is 1.04. The molecule has 1 aromatic carbocycles. The Balaban J connectivity index is 2.04. The van der Waals surface area contributed by atoms with Crippen molar-refractivity contribution in [3.05, 3.63) is 35.6 Å². The zero-order chi connectivity index (χ0) is 18.7. The minimum Gasteiger partial charge on any atom is -0.382 e. The molecule has 0 saturated carbocycles. The van der Waals surface area contributed by atoms with Gasteiger partial charge in [-0.3, -0.25) is 4.99 Å². The second-order valence-electron chi connectivity index (χ2n) is 6.57. The lowest BCUT2D eigenvalue weighted by atomic mass is 9.74. The van der Waals surface area contributed by atoms with E-state index in [2.05, 4.69) is 17.6 Å². The Hall–Kier alpha value is -1.66. The van der Waals surface area contributed by atoms with Crippen molar-refractivity contribution in [2.24, 2.45) is 4.99 Å². The van der Waals surface area contributed by atoms with Crippen molar-refractivity contribution < 1.29 is 13.9 Å². The molecule has 0 bridgehead atoms. The monoisotopic (exact) mass is 365 g/mol. The summed E-state index contributed by atoms with van der Waals surface area (Å²) in [6.45, 7) is 9.27. The summed E-state index contributed by atoms with van der Waals surface area (Å²) in [6.07, 6.45) is 2.73. The summed E-state index contributed by atoms with van der Waals surface area (Å²) in [5, 5.41) is 6.66. The topological polar surface area (TPSA) is 54.9 Å². The van der Waals surface area contributed by atoms with Crippen LogP contribution in [0.2, 0.25) is 0 Å². The number of halogens is 1. The van der Waals surface area contributed by atoms with Gasteiger partial charge in [0.05, 0.1) is 6.54 Å². The lowest BCUT2D eigenvalue weighted by Gasteiger charge is -2.36. The van der Waals surface area contributed by atoms with Crippen molar-refractivity contribution in [1.29, 1.82) is 0 Å². The van der Waals surface area contributed by atoms with E-state index in [0.717, 1.165) is 57.1 Å². The zero-order valence-electron chi connectivity index (χ0n) is 16.0. The zero-order valence-corrected chi connectivity index (χ0v) is 16.0. The van der Waals surface area contributed by atoms with Gasteiger partial charge in [-0.1, -0.05) is 12.1 Å². The molecule has 0 radical (unpaired) electrons. The van der Waals surface area contributed by atoms with E-state index in [1.807, 2.05) is 19.1 Å². The molecule has 2 N–H and O–H groups in total. The molecule has 146 valence electrons. The maximum atomic E-state index is 13.3. The largest absolute Gasteiger partial charge is 0.382 e. The van der Waals surface area contributed by atoms with E-state index in [4.69, 9.17) is 14.5 Å². The number of hydrogen-bond donors (Lipinski definition) is 2. The maximum Gasteiger partial charge on any atom is 0.191 e. The van der Waals surface area contributed by atoms with Crippen LogP contribution in [0.1, 0.15) is 38.7 Å². The molecule has 1 aromatic rings. The Morgan fingerprint density at radius 1 is 1.19 bits per heavy atom. The van der Waals surface area contributed by atoms with Crippen molar-refractivity contribution in [2.45, 2.75) is 38.5 Å². The molecule has 1 fully saturated rings. The molecule has 1 aliphatic heterocycles. The number of aliphatic imine (C=N–C) groups is 1. The standard InChI is InChI=1S/C20H32FN3O2/c1-3-22-19(23-12-5-13-25-4-2)24-16-20(10-14-26-15-11-20)17-6-8-18(21)9-7-17/h6-9H,3-5,10-16H2,1-2H3,(H2,22,23,24). The molecular formula is C20H32FN3O2. The van der Waals surface area contributed by atoms with Crippen LogP contribution in [0.3, 0.4) is 0 Å². The number of rotatable bonds is 9. The first-order chi connectivity index (χ1) is 12.7. The van der Waals surface area contributed by atoms with Crippen LogP contribution in [-0.2, 0) is 14.9 Å². The van der Waals surface area contributed by atoms with Gasteiger partial charge in [0.1, 0.15) is 5.82 Å². The fourth-order valence-corrected chi connectivity index (χ4v) is 3.20. The summed E-state index contributed by atoms with van der Waals surface area (Å²) in [4.78, 5) is 4.83. The van der Waals surface area contributed by atoms with E-state index in [9.17, 15) is 4.39 Å². The number of nitrogens with one attached hydrogen (secondary N) is 2. The van der Waals surface area contributed by atoms with Crippen molar-refractivity contribution in [3.63, 3.8) is 0 Å². The summed E-state index contributed by atoms with van der Waals surface area (Å²) >= 11 is 0. The summed E-state index contributed by atoms with van der Waals surface area (Å²) in [6, 6.07) is 6.85. The van der Waals surface area contributed by atoms with Gasteiger partial charge in [-0.2, -0.15) is 0 Å². The molecule has 0 unspecified atom stereocenters. The number of guanidine groups is 1. The highest BCUT2D eigenvalue weighted by molar-refractivity contribution is 5.79. The highest BCUT2D eigenvalue weighted by atomic mass is 19.1. The van der Waals surface area contributed by atoms with Gasteiger partial charge >= 0.3 is 0 Å². The fraction of sp³-hybridized carbons (Fsp3) is 0.650. The normalized spacial score (nSPS) is 17.1. The van der Waals surface area contributed by atoms with Crippen molar-refractivity contribution in [1.82, 2.24) is 10.6 Å². The molecule has 2 rings (SSSR count). The highest BCUT2D eigenvalue weighted by Gasteiger charge is 2.34. The van der Waals surface area contributed by atoms with Crippen LogP contribution >= 0.6 is 0 Å². The lowest BCUT2D eigenvalue weighted by molar-refractivity contribution is 0.0531. The molecule has 5 nitrogen and oxygen atoms in total. The number of benzene rings is 1. The minimum atomic E-state index is -0.205. The molecule has 26 heavy (non-hydrogen) atoms. The number of nitrogens with zero attached hydrogens (tertiary/aromatic N) is 1. The van der Waals surface area contributed by atoms with E-state index >= 15 is 0 Å². The number of hydrogen-bond acceptors (Lipinski definition) is 3. The van der Waals surface area contributed by atoms with Gasteiger partial charge in [0.25, 0.3) is 0 Å². The molecular weight excluding hydrogens is 333 g/mol. The minimum absolute atomic E-state index is 0.0976. The fourth-order valence-electron chi connectivity index (χ4n) is 3.20. The molecule has 1 aliphatic rings. The Labute approximate surface area is 156 Å². The smallest absolute Gasteiger partial charge is 0.191 e. The second-order valence-corrected chi connectivity index (χ2v) is 6.57. The maximum absolute atomic E-state index is 13.3. The van der Waals surface area contributed by atoms with Crippen molar-refractivity contribution in [2.75, 3.05) is 46.1 Å². The van der Waals surface area contributed by atoms with Crippen LogP contribution in [-0.4, -0.2) is 52.0 Å². The Kier molecular flexibility index (Phi) is 8.85. The van der Waals surface area contributed by atoms with Crippen LogP contribution < -0.4 is 10.6 Å². The van der Waals surface area contributed by atoms with E-state index in [0.29, 0.717) is 19.8 Å². The lowest BCUT2D eigenvalue weighted by Crippen LogP contribution is -2.41. The molecule has 0 aromatic heterocycles. The molecule has 1 saturated heterocycles. The SMILES string of the molecule is CCNC(=NCC1(c2ccc(F)cc2)CCOCC1)NCCCOCC. The molecule has 0 atom stereocenters. The van der Waals surface area contributed by atoms with Crippen LogP contribution in [0.25, 0.3) is 0 Å². The summed E-state index contributed by atoms with van der Waals surface area (Å²) < 4.78 is 24.3. The van der Waals surface area contributed by atoms with Gasteiger partial charge in [-0.25, -0.2) is 4.39 Å². The summed E-state index contributed by atoms with van der Waals surface area (Å²) in [5.74, 6) is 0.612. The van der Waals surface area contributed by atoms with Gasteiger partial charge in [-0.05, 0) is 50.8 Å². The third-order valence-corrected chi connectivity index (χ3v) is 4.75. The Morgan fingerprint density at radius 3 is 2.58 bits per heavy atom. The van der Waals surface area contributed by atoms with Crippen LogP contribution in [0.15, 0.2) is 29.3 Å². The first-order valence-corrected chi connectivity index (χ1v) is 9.64. The average Bonchev–Trinajstić information content (AvgIpc) is 2.67. The van der Waals surface area contributed by atoms with Crippen molar-refractivity contribution in [3.8, 4) is 0 Å². The van der Waals surface area contributed by atoms with Gasteiger partial charge in [0.15, 0.2) is 5.96 Å². The molecule has 1 heterocycles. The second kappa shape index (κ2) is 11.1. The average molecular weight is 365 g/mol. The highest BCUT2D eigenvalue weighted by Crippen LogP contribution is 2.35. The quantitative estimate of drug-likeness (QED) is 0.401. The molecule has 0 aliphatic carbocycles. The van der Waals surface area contributed by atoms with Gasteiger partial charge in [0.2, 0.25) is 0 Å². The predicted octanol–water partition coefficient (Wildman–Crippen LogP) is 2.86. The van der Waals surface area contributed by atoms with E-state index in [1.165, 1.54) is 12.1 Å². The molecule has 0 spiro atoms. The first-order valence-electron chi connectivity index (χ1n) is 9.64. The number of ether oxygens (including phenoxy) is 2. The van der Waals surface area contributed by atoms with Crippen molar-refractivity contribution >= 4 is 5.96 Å². The third-order valence-electron chi connectivity index (χ3n) is 4.75. The van der Waals surface area contributed by atoms with Gasteiger partial charge < -0.3 is 20.1 Å². The van der Waals surface area contributed by atoms with Gasteiger partial charge in [0, 0.05) is 44.9 Å². The van der Waals surface area contributed by atoms with E-state index < -0.39 is 0 Å². The van der Waals surface area contributed by atoms with Gasteiger partial charge in [-0.15, -0.1) is 0 Å². The molecule has 6 heteroatoms. The first kappa shape index (κ1) is 20.6. The van der Waals surface area contributed by atoms with E-state index in [-0.39, 0.29) is 11.2 Å². The predicted molar refractivity (Wildman–Crippen MR) is 103 cm³/mol. The molecule has 0 amide bonds. The Bertz CT molecular complexity index is 542. The van der Waals surface area contributed by atoms with E-state index in [1.54, 1.807) is 0 Å². The Morgan fingerprint density at radius 2 is 1.92 bits per heavy atom. The summed E-state index contributed by atoms with van der Waals surface area (Å²) in [7, 11) is 0. The third kappa shape index (κ3) is 6.25. The van der Waals surface area contributed by atoms with Crippen LogP contribution in [0.4, 0.5) is 4.39 Å². The van der Waals surface area contributed by atoms with Crippen LogP contribution in [0.5, 0.6) is 0 Å². The van der Waals surface area contributed by atoms with Crippen LogP contribution in [0, 0.1) is 5.82 Å².